The highest BCUT2D eigenvalue weighted by atomic mass is 35.5. The molecule has 0 radical (unpaired) electrons. The van der Waals surface area contributed by atoms with E-state index < -0.39 is 10.0 Å². The summed E-state index contributed by atoms with van der Waals surface area (Å²) in [6.07, 6.45) is 6.00. The van der Waals surface area contributed by atoms with Crippen molar-refractivity contribution in [2.24, 2.45) is 0 Å². The molecular formula is C23H24ClN5O3S. The number of fused-ring (bicyclic) bond motifs is 2. The second-order valence-corrected chi connectivity index (χ2v) is 11.0. The van der Waals surface area contributed by atoms with Gasteiger partial charge in [0.05, 0.1) is 18.1 Å². The third-order valence-corrected chi connectivity index (χ3v) is 7.88. The van der Waals surface area contributed by atoms with Gasteiger partial charge >= 0.3 is 6.03 Å². The van der Waals surface area contributed by atoms with Gasteiger partial charge in [0.15, 0.2) is 5.82 Å². The Morgan fingerprint density at radius 3 is 2.61 bits per heavy atom. The van der Waals surface area contributed by atoms with E-state index in [0.717, 1.165) is 16.9 Å². The molecule has 1 saturated heterocycles. The Kier molecular flexibility index (Phi) is 5.33. The normalized spacial score (nSPS) is 17.3. The van der Waals surface area contributed by atoms with Gasteiger partial charge in [-0.25, -0.2) is 18.2 Å². The molecule has 0 aliphatic carbocycles. The third-order valence-electron chi connectivity index (χ3n) is 6.52. The number of benzene rings is 2. The van der Waals surface area contributed by atoms with E-state index in [0.29, 0.717) is 43.3 Å². The minimum absolute atomic E-state index is 0.215. The fourth-order valence-electron chi connectivity index (χ4n) is 4.80. The Bertz CT molecular complexity index is 1310. The van der Waals surface area contributed by atoms with Crippen LogP contribution in [0.1, 0.15) is 18.4 Å². The molecule has 0 bridgehead atoms. The van der Waals surface area contributed by atoms with E-state index in [4.69, 9.17) is 11.6 Å². The highest BCUT2D eigenvalue weighted by molar-refractivity contribution is 7.92. The number of rotatable bonds is 3. The zero-order valence-electron chi connectivity index (χ0n) is 18.1. The number of hydrogen-bond acceptors (Lipinski definition) is 4. The summed E-state index contributed by atoms with van der Waals surface area (Å²) in [6.45, 7) is 1.49. The first kappa shape index (κ1) is 21.8. The number of halogens is 1. The zero-order valence-corrected chi connectivity index (χ0v) is 19.7. The highest BCUT2D eigenvalue weighted by Crippen LogP contribution is 2.47. The number of urea groups is 1. The molecule has 8 nitrogen and oxygen atoms in total. The van der Waals surface area contributed by atoms with Gasteiger partial charge < -0.3 is 9.47 Å². The zero-order chi connectivity index (χ0) is 23.2. The lowest BCUT2D eigenvalue weighted by molar-refractivity contribution is 0.173. The summed E-state index contributed by atoms with van der Waals surface area (Å²) in [6, 6.07) is 14.8. The van der Waals surface area contributed by atoms with Crippen molar-refractivity contribution in [3.05, 3.63) is 71.6 Å². The number of sulfonamides is 1. The molecule has 1 spiro atoms. The molecule has 0 atom stereocenters. The van der Waals surface area contributed by atoms with E-state index in [2.05, 4.69) is 10.3 Å². The van der Waals surface area contributed by atoms with Crippen molar-refractivity contribution in [2.45, 2.75) is 18.3 Å². The predicted molar refractivity (Wildman–Crippen MR) is 129 cm³/mol. The highest BCUT2D eigenvalue weighted by Gasteiger charge is 2.47. The van der Waals surface area contributed by atoms with Crippen LogP contribution in [0.5, 0.6) is 0 Å². The lowest BCUT2D eigenvalue weighted by atomic mass is 9.74. The summed E-state index contributed by atoms with van der Waals surface area (Å²) in [4.78, 5) is 18.9. The number of imidazole rings is 1. The number of amides is 2. The third kappa shape index (κ3) is 4.06. The fraction of sp³-hybridized carbons (Fsp3) is 0.304. The second-order valence-electron chi connectivity index (χ2n) is 8.63. The van der Waals surface area contributed by atoms with Crippen molar-refractivity contribution < 1.29 is 13.2 Å². The first-order chi connectivity index (χ1) is 15.7. The van der Waals surface area contributed by atoms with E-state index in [1.165, 1.54) is 10.6 Å². The van der Waals surface area contributed by atoms with Gasteiger partial charge in [-0.1, -0.05) is 35.9 Å². The Balaban J connectivity index is 1.27. The van der Waals surface area contributed by atoms with E-state index in [1.807, 2.05) is 42.5 Å². The maximum atomic E-state index is 12.9. The maximum Gasteiger partial charge on any atom is 0.323 e. The Labute approximate surface area is 197 Å². The van der Waals surface area contributed by atoms with Crippen molar-refractivity contribution in [3.8, 4) is 5.69 Å². The molecule has 0 saturated carbocycles. The van der Waals surface area contributed by atoms with Crippen LogP contribution in [0.15, 0.2) is 61.1 Å². The van der Waals surface area contributed by atoms with Crippen molar-refractivity contribution >= 4 is 39.2 Å². The van der Waals surface area contributed by atoms with Gasteiger partial charge in [-0.15, -0.1) is 0 Å². The van der Waals surface area contributed by atoms with Crippen LogP contribution in [0.2, 0.25) is 5.02 Å². The molecule has 2 aromatic carbocycles. The van der Waals surface area contributed by atoms with E-state index >= 15 is 0 Å². The van der Waals surface area contributed by atoms with Crippen LogP contribution in [0, 0.1) is 0 Å². The van der Waals surface area contributed by atoms with Crippen LogP contribution in [0.25, 0.3) is 5.69 Å². The molecule has 1 fully saturated rings. The molecule has 3 heterocycles. The number of carbonyl (C=O) groups is 1. The van der Waals surface area contributed by atoms with Gasteiger partial charge in [-0.3, -0.25) is 9.62 Å². The SMILES string of the molecule is CS(=O)(=O)N1CC2(CCN(C(=O)Nc3cn(-c4cccc(Cl)c4)cn3)CC2)c2ccccc21. The molecule has 1 aromatic heterocycles. The summed E-state index contributed by atoms with van der Waals surface area (Å²) in [7, 11) is -3.36. The first-order valence-electron chi connectivity index (χ1n) is 10.7. The number of piperidine rings is 1. The molecule has 5 rings (SSSR count). The number of likely N-dealkylation sites (tertiary alicyclic amines) is 1. The Morgan fingerprint density at radius 2 is 1.88 bits per heavy atom. The molecule has 1 N–H and O–H groups in total. The molecule has 10 heteroatoms. The van der Waals surface area contributed by atoms with Gasteiger partial charge in [0, 0.05) is 35.8 Å². The summed E-state index contributed by atoms with van der Waals surface area (Å²) in [5.74, 6) is 0.453. The van der Waals surface area contributed by atoms with E-state index in [1.54, 1.807) is 28.1 Å². The van der Waals surface area contributed by atoms with Crippen LogP contribution in [-0.2, 0) is 15.4 Å². The molecule has 2 amide bonds. The maximum absolute atomic E-state index is 12.9. The number of nitrogens with one attached hydrogen (secondary N) is 1. The van der Waals surface area contributed by atoms with Crippen molar-refractivity contribution in [1.82, 2.24) is 14.5 Å². The second kappa shape index (κ2) is 8.07. The minimum atomic E-state index is -3.36. The van der Waals surface area contributed by atoms with Gasteiger partial charge in [0.2, 0.25) is 10.0 Å². The number of carbonyl (C=O) groups excluding carboxylic acids is 1. The lowest BCUT2D eigenvalue weighted by Gasteiger charge is -2.39. The largest absolute Gasteiger partial charge is 0.324 e. The molecule has 33 heavy (non-hydrogen) atoms. The van der Waals surface area contributed by atoms with Crippen LogP contribution < -0.4 is 9.62 Å². The van der Waals surface area contributed by atoms with Crippen LogP contribution in [0.4, 0.5) is 16.3 Å². The average molecular weight is 486 g/mol. The van der Waals surface area contributed by atoms with Gasteiger partial charge in [0.1, 0.15) is 6.33 Å². The summed E-state index contributed by atoms with van der Waals surface area (Å²) < 4.78 is 28.0. The van der Waals surface area contributed by atoms with Gasteiger partial charge in [-0.2, -0.15) is 0 Å². The van der Waals surface area contributed by atoms with Gasteiger partial charge in [-0.05, 0) is 42.7 Å². The van der Waals surface area contributed by atoms with Crippen LogP contribution >= 0.6 is 11.6 Å². The fourth-order valence-corrected chi connectivity index (χ4v) is 5.98. The predicted octanol–water partition coefficient (Wildman–Crippen LogP) is 3.87. The van der Waals surface area contributed by atoms with Crippen molar-refractivity contribution in [2.75, 3.05) is 35.5 Å². The standard InChI is InChI=1S/C23H24ClN5O3S/c1-33(31,32)29-15-23(19-7-2-3-8-20(19)29)9-11-27(12-10-23)22(30)26-21-14-28(16-25-21)18-6-4-5-17(24)13-18/h2-8,13-14,16H,9-12,15H2,1H3,(H,26,30). The number of anilines is 2. The lowest BCUT2D eigenvalue weighted by Crippen LogP contribution is -2.48. The molecular weight excluding hydrogens is 462 g/mol. The molecule has 172 valence electrons. The van der Waals surface area contributed by atoms with E-state index in [9.17, 15) is 13.2 Å². The molecule has 2 aliphatic rings. The average Bonchev–Trinajstić information content (AvgIpc) is 3.38. The van der Waals surface area contributed by atoms with Crippen LogP contribution in [0.3, 0.4) is 0 Å². The number of hydrogen-bond donors (Lipinski definition) is 1. The monoisotopic (exact) mass is 485 g/mol. The summed E-state index contributed by atoms with van der Waals surface area (Å²) in [5, 5.41) is 3.49. The smallest absolute Gasteiger partial charge is 0.323 e. The topological polar surface area (TPSA) is 87.5 Å². The Morgan fingerprint density at radius 1 is 1.12 bits per heavy atom. The molecule has 0 unspecified atom stereocenters. The number of para-hydroxylation sites is 1. The number of nitrogens with zero attached hydrogens (tertiary/aromatic N) is 4. The minimum Gasteiger partial charge on any atom is -0.324 e. The summed E-state index contributed by atoms with van der Waals surface area (Å²) >= 11 is 6.06. The molecule has 2 aliphatic heterocycles. The van der Waals surface area contributed by atoms with Crippen molar-refractivity contribution in [3.63, 3.8) is 0 Å². The van der Waals surface area contributed by atoms with Crippen molar-refractivity contribution in [1.29, 1.82) is 0 Å². The number of aromatic nitrogens is 2. The van der Waals surface area contributed by atoms with Crippen LogP contribution in [-0.4, -0.2) is 54.8 Å². The summed E-state index contributed by atoms with van der Waals surface area (Å²) in [5.41, 5.74) is 2.39. The first-order valence-corrected chi connectivity index (χ1v) is 12.9. The van der Waals surface area contributed by atoms with Gasteiger partial charge in [0.25, 0.3) is 0 Å². The molecule has 3 aromatic rings. The Hall–Kier alpha value is -3.04. The quantitative estimate of drug-likeness (QED) is 0.610. The van der Waals surface area contributed by atoms with E-state index in [-0.39, 0.29) is 11.4 Å².